The van der Waals surface area contributed by atoms with Crippen LogP contribution in [0.1, 0.15) is 39.1 Å². The first-order chi connectivity index (χ1) is 16.5. The van der Waals surface area contributed by atoms with Crippen molar-refractivity contribution in [2.45, 2.75) is 26.3 Å². The summed E-state index contributed by atoms with van der Waals surface area (Å²) in [5.74, 6) is 0.598. The Morgan fingerprint density at radius 1 is 1.06 bits per heavy atom. The number of fused-ring (bicyclic) bond motifs is 2. The third-order valence-corrected chi connectivity index (χ3v) is 6.88. The Labute approximate surface area is 198 Å². The van der Waals surface area contributed by atoms with Gasteiger partial charge in [0.25, 0.3) is 5.91 Å². The lowest BCUT2D eigenvalue weighted by Crippen LogP contribution is -2.51. The number of carbonyl (C=O) groups excluding carboxylic acids is 2. The van der Waals surface area contributed by atoms with Gasteiger partial charge in [-0.25, -0.2) is 0 Å². The van der Waals surface area contributed by atoms with Gasteiger partial charge in [-0.05, 0) is 37.1 Å². The van der Waals surface area contributed by atoms with E-state index in [0.717, 1.165) is 64.6 Å². The minimum Gasteiger partial charge on any atom is -0.385 e. The van der Waals surface area contributed by atoms with Crippen LogP contribution in [0.25, 0.3) is 21.8 Å². The Hall–Kier alpha value is -3.45. The van der Waals surface area contributed by atoms with E-state index in [4.69, 9.17) is 9.84 Å². The molecule has 2 aromatic heterocycles. The van der Waals surface area contributed by atoms with Crippen molar-refractivity contribution in [3.05, 3.63) is 65.5 Å². The van der Waals surface area contributed by atoms with Crippen LogP contribution in [0, 0.1) is 12.8 Å². The topological polar surface area (TPSA) is 69.4 Å². The van der Waals surface area contributed by atoms with E-state index in [-0.39, 0.29) is 11.7 Å². The van der Waals surface area contributed by atoms with Crippen LogP contribution >= 0.6 is 0 Å². The predicted molar refractivity (Wildman–Crippen MR) is 132 cm³/mol. The lowest BCUT2D eigenvalue weighted by atomic mass is 9.98. The second-order valence-corrected chi connectivity index (χ2v) is 9.29. The molecule has 0 bridgehead atoms. The van der Waals surface area contributed by atoms with Crippen molar-refractivity contribution in [1.29, 1.82) is 0 Å². The fourth-order valence-electron chi connectivity index (χ4n) is 4.99. The van der Waals surface area contributed by atoms with E-state index in [9.17, 15) is 9.59 Å². The van der Waals surface area contributed by atoms with E-state index >= 15 is 0 Å². The summed E-state index contributed by atoms with van der Waals surface area (Å²) in [6.45, 7) is 4.78. The number of benzene rings is 2. The van der Waals surface area contributed by atoms with Gasteiger partial charge in [0.05, 0.1) is 11.1 Å². The van der Waals surface area contributed by atoms with Crippen molar-refractivity contribution >= 4 is 33.5 Å². The van der Waals surface area contributed by atoms with Crippen LogP contribution in [-0.2, 0) is 18.3 Å². The van der Waals surface area contributed by atoms with Gasteiger partial charge in [-0.1, -0.05) is 18.2 Å². The third-order valence-electron chi connectivity index (χ3n) is 6.88. The largest absolute Gasteiger partial charge is 0.385 e. The molecule has 3 heterocycles. The Balaban J connectivity index is 1.25. The van der Waals surface area contributed by atoms with Crippen molar-refractivity contribution < 1.29 is 14.3 Å². The normalized spacial score (nSPS) is 14.1. The Bertz CT molecular complexity index is 1380. The molecule has 0 N–H and O–H groups in total. The minimum atomic E-state index is 0.0890. The molecule has 1 aliphatic rings. The number of ether oxygens (including phenoxy) is 1. The fraction of sp³-hybridized carbons (Fsp3) is 0.370. The van der Waals surface area contributed by atoms with E-state index in [1.807, 2.05) is 76.9 Å². The summed E-state index contributed by atoms with van der Waals surface area (Å²) in [5.41, 5.74) is 4.47. The molecule has 1 fully saturated rings. The van der Waals surface area contributed by atoms with Crippen LogP contribution in [0.2, 0.25) is 0 Å². The van der Waals surface area contributed by atoms with E-state index in [1.54, 1.807) is 7.11 Å². The van der Waals surface area contributed by atoms with Gasteiger partial charge in [-0.2, -0.15) is 5.10 Å². The third kappa shape index (κ3) is 4.01. The molecule has 1 amide bonds. The average molecular weight is 459 g/mol. The Morgan fingerprint density at radius 2 is 1.85 bits per heavy atom. The summed E-state index contributed by atoms with van der Waals surface area (Å²) in [6.07, 6.45) is 5.17. The maximum atomic E-state index is 13.1. The number of carbonyl (C=O) groups is 2. The van der Waals surface area contributed by atoms with Crippen LogP contribution < -0.4 is 0 Å². The van der Waals surface area contributed by atoms with E-state index in [0.29, 0.717) is 18.9 Å². The van der Waals surface area contributed by atoms with Crippen molar-refractivity contribution in [2.75, 3.05) is 26.8 Å². The number of methoxy groups -OCH3 is 1. The number of hydrogen-bond acceptors (Lipinski definition) is 4. The van der Waals surface area contributed by atoms with Crippen molar-refractivity contribution in [2.24, 2.45) is 13.0 Å². The van der Waals surface area contributed by atoms with Crippen LogP contribution in [0.15, 0.2) is 48.8 Å². The standard InChI is InChI=1S/C27H30N4O3/c1-18-20(26(32)9-6-12-34-3)10-11-24-22(18)17-31(28-24)15-19-13-30(14-19)27(33)23-16-29(2)25-8-5-4-7-21(23)25/h4-5,7-8,10-11,16-17,19H,6,9,12-15H2,1-3H3. The van der Waals surface area contributed by atoms with Gasteiger partial charge >= 0.3 is 0 Å². The first-order valence-corrected chi connectivity index (χ1v) is 11.8. The second-order valence-electron chi connectivity index (χ2n) is 9.29. The molecule has 176 valence electrons. The lowest BCUT2D eigenvalue weighted by Gasteiger charge is -2.39. The summed E-state index contributed by atoms with van der Waals surface area (Å²) < 4.78 is 9.03. The van der Waals surface area contributed by atoms with Gasteiger partial charge in [0.15, 0.2) is 5.78 Å². The zero-order chi connectivity index (χ0) is 23.8. The lowest BCUT2D eigenvalue weighted by molar-refractivity contribution is 0.0463. The first kappa shape index (κ1) is 22.3. The number of amides is 1. The highest BCUT2D eigenvalue weighted by Crippen LogP contribution is 2.27. The Morgan fingerprint density at radius 3 is 2.65 bits per heavy atom. The quantitative estimate of drug-likeness (QED) is 0.293. The summed E-state index contributed by atoms with van der Waals surface area (Å²) in [4.78, 5) is 27.6. The molecule has 7 nitrogen and oxygen atoms in total. The minimum absolute atomic E-state index is 0.0890. The van der Waals surface area contributed by atoms with Crippen molar-refractivity contribution in [3.63, 3.8) is 0 Å². The summed E-state index contributed by atoms with van der Waals surface area (Å²) >= 11 is 0. The molecule has 1 aliphatic heterocycles. The van der Waals surface area contributed by atoms with Gasteiger partial charge < -0.3 is 14.2 Å². The molecule has 0 saturated carbocycles. The number of Topliss-reactive ketones (excluding diaryl/α,β-unsaturated/α-hetero) is 1. The molecule has 4 aromatic rings. The number of rotatable bonds is 8. The highest BCUT2D eigenvalue weighted by Gasteiger charge is 2.33. The number of ketones is 1. The van der Waals surface area contributed by atoms with Gasteiger partial charge in [0, 0.05) is 87.0 Å². The molecule has 5 rings (SSSR count). The molecule has 0 aliphatic carbocycles. The fourth-order valence-corrected chi connectivity index (χ4v) is 4.99. The zero-order valence-corrected chi connectivity index (χ0v) is 20.0. The molecule has 0 atom stereocenters. The molecule has 0 unspecified atom stereocenters. The van der Waals surface area contributed by atoms with E-state index in [2.05, 4.69) is 0 Å². The maximum absolute atomic E-state index is 13.1. The monoisotopic (exact) mass is 458 g/mol. The number of aryl methyl sites for hydroxylation is 2. The van der Waals surface area contributed by atoms with Crippen molar-refractivity contribution in [1.82, 2.24) is 19.2 Å². The maximum Gasteiger partial charge on any atom is 0.256 e. The number of nitrogens with zero attached hydrogens (tertiary/aromatic N) is 4. The number of hydrogen-bond donors (Lipinski definition) is 0. The second kappa shape index (κ2) is 9.06. The summed E-state index contributed by atoms with van der Waals surface area (Å²) in [7, 11) is 3.62. The number of para-hydroxylation sites is 1. The highest BCUT2D eigenvalue weighted by molar-refractivity contribution is 6.07. The molecule has 0 spiro atoms. The van der Waals surface area contributed by atoms with Crippen LogP contribution in [0.3, 0.4) is 0 Å². The molecular formula is C27H30N4O3. The van der Waals surface area contributed by atoms with Gasteiger partial charge in [0.1, 0.15) is 0 Å². The van der Waals surface area contributed by atoms with E-state index < -0.39 is 0 Å². The molecule has 7 heteroatoms. The van der Waals surface area contributed by atoms with Gasteiger partial charge in [0.2, 0.25) is 0 Å². The van der Waals surface area contributed by atoms with Crippen LogP contribution in [0.5, 0.6) is 0 Å². The molecule has 2 aromatic carbocycles. The smallest absolute Gasteiger partial charge is 0.256 e. The SMILES string of the molecule is COCCCC(=O)c1ccc2nn(CC3CN(C(=O)c4cn(C)c5ccccc45)C3)cc2c1C. The molecule has 34 heavy (non-hydrogen) atoms. The number of likely N-dealkylation sites (tertiary alicyclic amines) is 1. The van der Waals surface area contributed by atoms with Crippen LogP contribution in [-0.4, -0.2) is 57.7 Å². The highest BCUT2D eigenvalue weighted by atomic mass is 16.5. The van der Waals surface area contributed by atoms with Crippen molar-refractivity contribution in [3.8, 4) is 0 Å². The van der Waals surface area contributed by atoms with Gasteiger partial charge in [-0.3, -0.25) is 14.3 Å². The average Bonchev–Trinajstić information content (AvgIpc) is 3.37. The number of aromatic nitrogens is 3. The molecular weight excluding hydrogens is 428 g/mol. The summed E-state index contributed by atoms with van der Waals surface area (Å²) in [5, 5.41) is 6.74. The summed E-state index contributed by atoms with van der Waals surface area (Å²) in [6, 6.07) is 11.8. The van der Waals surface area contributed by atoms with Gasteiger partial charge in [-0.15, -0.1) is 0 Å². The predicted octanol–water partition coefficient (Wildman–Crippen LogP) is 4.22. The zero-order valence-electron chi connectivity index (χ0n) is 20.0. The molecule has 0 radical (unpaired) electrons. The van der Waals surface area contributed by atoms with E-state index in [1.165, 1.54) is 0 Å². The Kier molecular flexibility index (Phi) is 5.96. The van der Waals surface area contributed by atoms with Crippen LogP contribution in [0.4, 0.5) is 0 Å². The molecule has 1 saturated heterocycles. The first-order valence-electron chi connectivity index (χ1n) is 11.8.